The number of carbonyl (C=O) groups is 1. The van der Waals surface area contributed by atoms with Gasteiger partial charge in [-0.25, -0.2) is 13.6 Å². The molecule has 4 N–H and O–H groups in total. The van der Waals surface area contributed by atoms with Gasteiger partial charge in [0.1, 0.15) is 0 Å². The predicted octanol–water partition coefficient (Wildman–Crippen LogP) is 1.61. The van der Waals surface area contributed by atoms with Gasteiger partial charge < -0.3 is 5.32 Å². The lowest BCUT2D eigenvalue weighted by Gasteiger charge is -2.09. The number of carbonyl (C=O) groups excluding carboxylic acids is 1. The summed E-state index contributed by atoms with van der Waals surface area (Å²) in [4.78, 5) is 12.1. The zero-order valence-corrected chi connectivity index (χ0v) is 15.2. The van der Waals surface area contributed by atoms with Gasteiger partial charge in [-0.3, -0.25) is 9.52 Å². The molecule has 0 aliphatic heterocycles. The fourth-order valence-corrected chi connectivity index (χ4v) is 3.71. The first-order valence-corrected chi connectivity index (χ1v) is 10.5. The molecule has 0 saturated carbocycles. The molecule has 0 heterocycles. The summed E-state index contributed by atoms with van der Waals surface area (Å²) >= 11 is 5.84. The Kier molecular flexibility index (Phi) is 5.37. The van der Waals surface area contributed by atoms with Gasteiger partial charge in [-0.2, -0.15) is 8.42 Å². The minimum absolute atomic E-state index is 0.0124. The van der Waals surface area contributed by atoms with E-state index in [9.17, 15) is 21.6 Å². The van der Waals surface area contributed by atoms with Crippen LogP contribution in [-0.2, 0) is 20.0 Å². The second-order valence-electron chi connectivity index (χ2n) is 5.10. The van der Waals surface area contributed by atoms with Gasteiger partial charge in [0, 0.05) is 17.5 Å². The van der Waals surface area contributed by atoms with Crippen LogP contribution in [0.3, 0.4) is 0 Å². The van der Waals surface area contributed by atoms with Crippen molar-refractivity contribution >= 4 is 48.9 Å². The average molecular weight is 404 g/mol. The monoisotopic (exact) mass is 403 g/mol. The molecule has 1 amide bonds. The van der Waals surface area contributed by atoms with E-state index in [0.29, 0.717) is 0 Å². The molecule has 25 heavy (non-hydrogen) atoms. The van der Waals surface area contributed by atoms with Gasteiger partial charge in [0.05, 0.1) is 15.6 Å². The summed E-state index contributed by atoms with van der Waals surface area (Å²) in [6.07, 6.45) is 0.984. The van der Waals surface area contributed by atoms with Crippen molar-refractivity contribution in [3.63, 3.8) is 0 Å². The average Bonchev–Trinajstić information content (AvgIpc) is 2.44. The zero-order valence-electron chi connectivity index (χ0n) is 12.9. The van der Waals surface area contributed by atoms with Crippen molar-refractivity contribution in [2.24, 2.45) is 5.14 Å². The lowest BCUT2D eigenvalue weighted by molar-refractivity contribution is 0.102. The van der Waals surface area contributed by atoms with Crippen LogP contribution in [0.2, 0.25) is 5.02 Å². The molecular formula is C14H14ClN3O5S2. The Morgan fingerprint density at radius 1 is 1.04 bits per heavy atom. The number of halogens is 1. The van der Waals surface area contributed by atoms with Crippen LogP contribution in [0, 0.1) is 0 Å². The van der Waals surface area contributed by atoms with Crippen LogP contribution in [-0.4, -0.2) is 29.0 Å². The van der Waals surface area contributed by atoms with Gasteiger partial charge in [-0.15, -0.1) is 0 Å². The maximum atomic E-state index is 12.3. The third-order valence-corrected chi connectivity index (χ3v) is 5.07. The molecule has 2 aromatic carbocycles. The summed E-state index contributed by atoms with van der Waals surface area (Å²) in [5.74, 6) is -0.589. The van der Waals surface area contributed by atoms with E-state index >= 15 is 0 Å². The predicted molar refractivity (Wildman–Crippen MR) is 95.7 cm³/mol. The Balaban J connectivity index is 2.27. The van der Waals surface area contributed by atoms with E-state index < -0.39 is 26.0 Å². The van der Waals surface area contributed by atoms with Gasteiger partial charge in [0.25, 0.3) is 16.1 Å². The molecule has 0 aliphatic rings. The highest BCUT2D eigenvalue weighted by atomic mass is 35.5. The Bertz CT molecular complexity index is 1040. The highest BCUT2D eigenvalue weighted by molar-refractivity contribution is 7.91. The lowest BCUT2D eigenvalue weighted by atomic mass is 10.2. The highest BCUT2D eigenvalue weighted by Gasteiger charge is 2.16. The van der Waals surface area contributed by atoms with Gasteiger partial charge in [0.15, 0.2) is 9.84 Å². The number of sulfone groups is 1. The second kappa shape index (κ2) is 7.00. The first-order chi connectivity index (χ1) is 11.5. The number of nitrogens with one attached hydrogen (secondary N) is 2. The Labute approximate surface area is 150 Å². The van der Waals surface area contributed by atoms with Gasteiger partial charge >= 0.3 is 0 Å². The summed E-state index contributed by atoms with van der Waals surface area (Å²) in [7, 11) is -7.54. The van der Waals surface area contributed by atoms with E-state index in [1.54, 1.807) is 0 Å². The van der Waals surface area contributed by atoms with Crippen LogP contribution >= 0.6 is 11.6 Å². The van der Waals surface area contributed by atoms with E-state index in [1.807, 2.05) is 0 Å². The first kappa shape index (κ1) is 19.2. The standard InChI is InChI=1S/C14H14ClN3O5S2/c1-24(20,21)13-7-9(5-6-12(13)15)14(19)17-10-3-2-4-11(8-10)18-25(16,22)23/h2-8,18H,1H3,(H,17,19)(H2,16,22,23). The molecule has 0 unspecified atom stereocenters. The summed E-state index contributed by atoms with van der Waals surface area (Å²) in [5, 5.41) is 7.43. The number of rotatable bonds is 5. The third kappa shape index (κ3) is 5.43. The van der Waals surface area contributed by atoms with Crippen molar-refractivity contribution in [1.82, 2.24) is 0 Å². The van der Waals surface area contributed by atoms with Crippen LogP contribution in [0.4, 0.5) is 11.4 Å². The normalized spacial score (nSPS) is 11.8. The lowest BCUT2D eigenvalue weighted by Crippen LogP contribution is -2.21. The Hall–Kier alpha value is -2.14. The molecule has 0 fully saturated rings. The summed E-state index contributed by atoms with van der Waals surface area (Å²) in [6, 6.07) is 9.69. The summed E-state index contributed by atoms with van der Waals surface area (Å²) in [6.45, 7) is 0. The SMILES string of the molecule is CS(=O)(=O)c1cc(C(=O)Nc2cccc(NS(N)(=O)=O)c2)ccc1Cl. The number of anilines is 2. The van der Waals surface area contributed by atoms with Crippen molar-refractivity contribution in [3.8, 4) is 0 Å². The fourth-order valence-electron chi connectivity index (χ4n) is 1.96. The number of amides is 1. The zero-order chi connectivity index (χ0) is 18.8. The molecule has 2 rings (SSSR count). The topological polar surface area (TPSA) is 135 Å². The van der Waals surface area contributed by atoms with E-state index in [2.05, 4.69) is 10.0 Å². The van der Waals surface area contributed by atoms with Crippen LogP contribution in [0.5, 0.6) is 0 Å². The van der Waals surface area contributed by atoms with Crippen molar-refractivity contribution < 1.29 is 21.6 Å². The third-order valence-electron chi connectivity index (χ3n) is 2.97. The molecule has 0 bridgehead atoms. The molecule has 0 aliphatic carbocycles. The van der Waals surface area contributed by atoms with Crippen LogP contribution < -0.4 is 15.2 Å². The van der Waals surface area contributed by atoms with E-state index in [4.69, 9.17) is 16.7 Å². The van der Waals surface area contributed by atoms with Crippen LogP contribution in [0.15, 0.2) is 47.4 Å². The van der Waals surface area contributed by atoms with Crippen molar-refractivity contribution in [2.45, 2.75) is 4.90 Å². The fraction of sp³-hybridized carbons (Fsp3) is 0.0714. The highest BCUT2D eigenvalue weighted by Crippen LogP contribution is 2.23. The van der Waals surface area contributed by atoms with Crippen molar-refractivity contribution in [3.05, 3.63) is 53.1 Å². The Morgan fingerprint density at radius 2 is 1.68 bits per heavy atom. The van der Waals surface area contributed by atoms with Gasteiger partial charge in [-0.05, 0) is 36.4 Å². The van der Waals surface area contributed by atoms with Gasteiger partial charge in [0.2, 0.25) is 0 Å². The number of benzene rings is 2. The summed E-state index contributed by atoms with van der Waals surface area (Å²) < 4.78 is 47.5. The number of nitrogens with two attached hydrogens (primary N) is 1. The largest absolute Gasteiger partial charge is 0.322 e. The van der Waals surface area contributed by atoms with Crippen LogP contribution in [0.25, 0.3) is 0 Å². The number of hydrogen-bond donors (Lipinski definition) is 3. The van der Waals surface area contributed by atoms with Gasteiger partial charge in [-0.1, -0.05) is 17.7 Å². The maximum Gasteiger partial charge on any atom is 0.296 e. The molecule has 8 nitrogen and oxygen atoms in total. The first-order valence-electron chi connectivity index (χ1n) is 6.67. The smallest absolute Gasteiger partial charge is 0.296 e. The number of hydrogen-bond acceptors (Lipinski definition) is 5. The van der Waals surface area contributed by atoms with Crippen molar-refractivity contribution in [1.29, 1.82) is 0 Å². The van der Waals surface area contributed by atoms with E-state index in [0.717, 1.165) is 6.26 Å². The molecule has 2 aromatic rings. The molecule has 134 valence electrons. The Morgan fingerprint density at radius 3 is 2.28 bits per heavy atom. The van der Waals surface area contributed by atoms with Crippen LogP contribution in [0.1, 0.15) is 10.4 Å². The van der Waals surface area contributed by atoms with E-state index in [-0.39, 0.29) is 26.9 Å². The quantitative estimate of drug-likeness (QED) is 0.696. The maximum absolute atomic E-state index is 12.3. The second-order valence-corrected chi connectivity index (χ2v) is 8.78. The molecule has 11 heteroatoms. The molecule has 0 aromatic heterocycles. The molecule has 0 saturated heterocycles. The van der Waals surface area contributed by atoms with Crippen molar-refractivity contribution in [2.75, 3.05) is 16.3 Å². The molecular weight excluding hydrogens is 390 g/mol. The minimum atomic E-state index is -3.95. The molecule has 0 atom stereocenters. The molecule has 0 radical (unpaired) electrons. The minimum Gasteiger partial charge on any atom is -0.322 e. The summed E-state index contributed by atoms with van der Waals surface area (Å²) in [5.41, 5.74) is 0.525. The van der Waals surface area contributed by atoms with E-state index in [1.165, 1.54) is 42.5 Å². The molecule has 0 spiro atoms.